The zero-order valence-electron chi connectivity index (χ0n) is 4.28. The molecular formula is C6H6NO+. The van der Waals surface area contributed by atoms with Crippen molar-refractivity contribution in [1.29, 1.82) is 0 Å². The van der Waals surface area contributed by atoms with Crippen LogP contribution in [-0.2, 0) is 0 Å². The van der Waals surface area contributed by atoms with Gasteiger partial charge in [0.05, 0.1) is 0 Å². The van der Waals surface area contributed by atoms with E-state index in [1.807, 2.05) is 0 Å². The van der Waals surface area contributed by atoms with Gasteiger partial charge in [0.15, 0.2) is 0 Å². The summed E-state index contributed by atoms with van der Waals surface area (Å²) in [6.07, 6.45) is 2.94. The zero-order valence-corrected chi connectivity index (χ0v) is 4.28. The Morgan fingerprint density at radius 1 is 1.38 bits per heavy atom. The maximum absolute atomic E-state index is 8.62. The molecule has 0 amide bonds. The first-order valence-electron chi connectivity index (χ1n) is 2.25. The number of hydrogen-bond donors (Lipinski definition) is 1. The summed E-state index contributed by atoms with van der Waals surface area (Å²) in [5.74, 6) is 0. The van der Waals surface area contributed by atoms with Gasteiger partial charge in [0.25, 0.3) is 0 Å². The molecule has 1 rings (SSSR count). The van der Waals surface area contributed by atoms with Gasteiger partial charge in [-0.15, -0.1) is 0 Å². The molecule has 1 N–H and O–H groups in total. The lowest BCUT2D eigenvalue weighted by atomic mass is 10.3. The molecule has 0 atom stereocenters. The van der Waals surface area contributed by atoms with E-state index in [1.165, 1.54) is 12.4 Å². The highest BCUT2D eigenvalue weighted by molar-refractivity contribution is 5.09. The number of aromatic nitrogens is 1. The van der Waals surface area contributed by atoms with Crippen LogP contribution in [0.25, 0.3) is 0 Å². The van der Waals surface area contributed by atoms with Crippen LogP contribution < -0.4 is 4.73 Å². The van der Waals surface area contributed by atoms with E-state index in [1.54, 1.807) is 12.1 Å². The maximum atomic E-state index is 8.62. The number of nitrogens with zero attached hydrogens (tertiary/aromatic N) is 1. The fourth-order valence-electron chi connectivity index (χ4n) is 0.430. The highest BCUT2D eigenvalue weighted by Crippen LogP contribution is 1.87. The summed E-state index contributed by atoms with van der Waals surface area (Å²) < 4.78 is 0.941. The third kappa shape index (κ3) is 0.964. The molecule has 2 radical (unpaired) electrons. The summed E-state index contributed by atoms with van der Waals surface area (Å²) in [7, 11) is 0. The molecule has 0 aliphatic heterocycles. The summed E-state index contributed by atoms with van der Waals surface area (Å²) in [6.45, 7) is 5.30. The van der Waals surface area contributed by atoms with Crippen LogP contribution in [0.2, 0.25) is 0 Å². The monoisotopic (exact) mass is 108 g/mol. The van der Waals surface area contributed by atoms with Crippen molar-refractivity contribution in [2.24, 2.45) is 0 Å². The molecule has 0 unspecified atom stereocenters. The summed E-state index contributed by atoms with van der Waals surface area (Å²) in [6, 6.07) is 3.22. The van der Waals surface area contributed by atoms with Gasteiger partial charge in [-0.2, -0.15) is 0 Å². The first-order chi connectivity index (χ1) is 3.79. The van der Waals surface area contributed by atoms with Crippen LogP contribution in [0.1, 0.15) is 5.56 Å². The fourth-order valence-corrected chi connectivity index (χ4v) is 0.430. The van der Waals surface area contributed by atoms with Crippen LogP contribution in [0.5, 0.6) is 0 Å². The predicted molar refractivity (Wildman–Crippen MR) is 27.2 cm³/mol. The summed E-state index contributed by atoms with van der Waals surface area (Å²) >= 11 is 0. The summed E-state index contributed by atoms with van der Waals surface area (Å²) in [5, 5.41) is 8.62. The third-order valence-electron chi connectivity index (χ3n) is 0.839. The maximum Gasteiger partial charge on any atom is 0.222 e. The molecule has 8 heavy (non-hydrogen) atoms. The Morgan fingerprint density at radius 3 is 2.25 bits per heavy atom. The Balaban J connectivity index is 3.03. The molecule has 0 saturated heterocycles. The van der Waals surface area contributed by atoms with E-state index in [9.17, 15) is 0 Å². The Hall–Kier alpha value is -1.05. The van der Waals surface area contributed by atoms with Gasteiger partial charge in [0.1, 0.15) is 0 Å². The second-order valence-electron chi connectivity index (χ2n) is 1.51. The number of hydrogen-bond acceptors (Lipinski definition) is 1. The summed E-state index contributed by atoms with van der Waals surface area (Å²) in [5.41, 5.74) is 0.648. The van der Waals surface area contributed by atoms with E-state index in [2.05, 4.69) is 0 Å². The molecular weight excluding hydrogens is 102 g/mol. The largest absolute Gasteiger partial charge is 0.285 e. The van der Waals surface area contributed by atoms with E-state index in [4.69, 9.17) is 12.1 Å². The average Bonchev–Trinajstić information content (AvgIpc) is 1.77. The molecule has 0 fully saturated rings. The van der Waals surface area contributed by atoms with Crippen molar-refractivity contribution in [2.45, 2.75) is 0 Å². The average molecular weight is 108 g/mol. The van der Waals surface area contributed by atoms with E-state index in [0.29, 0.717) is 5.56 Å². The molecule has 0 saturated carbocycles. The van der Waals surface area contributed by atoms with Gasteiger partial charge < -0.3 is 0 Å². The van der Waals surface area contributed by atoms with Crippen LogP contribution in [0.15, 0.2) is 24.5 Å². The molecule has 1 aromatic heterocycles. The minimum Gasteiger partial charge on any atom is -0.285 e. The molecule has 2 nitrogen and oxygen atoms in total. The molecule has 0 aromatic carbocycles. The van der Waals surface area contributed by atoms with E-state index in [-0.39, 0.29) is 0 Å². The Labute approximate surface area is 48.0 Å². The molecule has 40 valence electrons. The van der Waals surface area contributed by atoms with Crippen LogP contribution in [0.3, 0.4) is 0 Å². The van der Waals surface area contributed by atoms with Gasteiger partial charge in [0, 0.05) is 16.9 Å². The standard InChI is InChI=1S/C6H6NO/c1-6-2-4-7(8)5-3-6/h1-5,8H/q+1. The highest BCUT2D eigenvalue weighted by Gasteiger charge is 1.89. The quantitative estimate of drug-likeness (QED) is 0.374. The van der Waals surface area contributed by atoms with Gasteiger partial charge in [0.2, 0.25) is 12.4 Å². The van der Waals surface area contributed by atoms with Crippen LogP contribution in [-0.4, -0.2) is 5.21 Å². The third-order valence-corrected chi connectivity index (χ3v) is 0.839. The first-order valence-corrected chi connectivity index (χ1v) is 2.25. The minimum atomic E-state index is 0.648. The van der Waals surface area contributed by atoms with Gasteiger partial charge in [-0.25, -0.2) is 0 Å². The Kier molecular flexibility index (Phi) is 1.16. The molecule has 0 spiro atoms. The molecule has 1 aromatic rings. The van der Waals surface area contributed by atoms with Crippen molar-refractivity contribution < 1.29 is 9.94 Å². The lowest BCUT2D eigenvalue weighted by Gasteiger charge is -1.82. The van der Waals surface area contributed by atoms with Crippen molar-refractivity contribution in [2.75, 3.05) is 0 Å². The van der Waals surface area contributed by atoms with Crippen LogP contribution in [0, 0.1) is 6.92 Å². The van der Waals surface area contributed by atoms with Crippen molar-refractivity contribution in [3.05, 3.63) is 37.0 Å². The fraction of sp³-hybridized carbons (Fsp3) is 0. The van der Waals surface area contributed by atoms with Gasteiger partial charge in [-0.3, -0.25) is 5.21 Å². The predicted octanol–water partition coefficient (Wildman–Crippen LogP) is 0.271. The Bertz CT molecular complexity index is 147. The lowest BCUT2D eigenvalue weighted by Crippen LogP contribution is -2.27. The minimum absolute atomic E-state index is 0.648. The molecule has 2 heteroatoms. The van der Waals surface area contributed by atoms with Crippen molar-refractivity contribution in [1.82, 2.24) is 0 Å². The van der Waals surface area contributed by atoms with E-state index >= 15 is 0 Å². The van der Waals surface area contributed by atoms with Crippen molar-refractivity contribution >= 4 is 0 Å². The van der Waals surface area contributed by atoms with Crippen LogP contribution in [0.4, 0.5) is 0 Å². The van der Waals surface area contributed by atoms with Gasteiger partial charge in [-0.1, -0.05) is 0 Å². The SMILES string of the molecule is [CH]c1cc[n+](O)cc1. The van der Waals surface area contributed by atoms with Gasteiger partial charge in [-0.05, 0) is 12.5 Å². The van der Waals surface area contributed by atoms with E-state index in [0.717, 1.165) is 4.73 Å². The van der Waals surface area contributed by atoms with Crippen molar-refractivity contribution in [3.8, 4) is 0 Å². The molecule has 0 aliphatic rings. The summed E-state index contributed by atoms with van der Waals surface area (Å²) in [4.78, 5) is 0. The normalized spacial score (nSPS) is 9.12. The number of rotatable bonds is 0. The smallest absolute Gasteiger partial charge is 0.222 e. The second kappa shape index (κ2) is 1.82. The molecule has 1 heterocycles. The lowest BCUT2D eigenvalue weighted by molar-refractivity contribution is -0.904. The van der Waals surface area contributed by atoms with Crippen LogP contribution >= 0.6 is 0 Å². The second-order valence-corrected chi connectivity index (χ2v) is 1.51. The highest BCUT2D eigenvalue weighted by atomic mass is 16.5. The zero-order chi connectivity index (χ0) is 5.98. The molecule has 0 aliphatic carbocycles. The Morgan fingerprint density at radius 2 is 1.88 bits per heavy atom. The van der Waals surface area contributed by atoms with Gasteiger partial charge >= 0.3 is 0 Å². The first kappa shape index (κ1) is 5.09. The molecule has 0 bridgehead atoms. The van der Waals surface area contributed by atoms with E-state index < -0.39 is 0 Å². The van der Waals surface area contributed by atoms with Crippen molar-refractivity contribution in [3.63, 3.8) is 0 Å². The number of pyridine rings is 1. The topological polar surface area (TPSA) is 24.1 Å².